The molecule has 0 aromatic heterocycles. The van der Waals surface area contributed by atoms with E-state index in [0.717, 1.165) is 6.16 Å². The van der Waals surface area contributed by atoms with E-state index in [4.69, 9.17) is 0 Å². The van der Waals surface area contributed by atoms with Gasteiger partial charge in [0.2, 0.25) is 0 Å². The molecule has 0 amide bonds. The molecule has 4 aromatic carbocycles. The highest BCUT2D eigenvalue weighted by molar-refractivity contribution is 7.95. The van der Waals surface area contributed by atoms with Crippen molar-refractivity contribution in [2.24, 2.45) is 0 Å². The average molecular weight is 378 g/mol. The standard InChI is InChI=1S/C26H21NP/c27-20-22-11-10-12-23(19-22)21-28(24-13-4-1-5-14-24,25-15-6-2-7-16-25)26-17-8-3-9-18-26/h1-19H,21H2. The third-order valence-corrected chi connectivity index (χ3v) is 9.45. The van der Waals surface area contributed by atoms with Crippen LogP contribution in [0.15, 0.2) is 115 Å². The van der Waals surface area contributed by atoms with Gasteiger partial charge in [0.15, 0.2) is 0 Å². The van der Waals surface area contributed by atoms with Crippen molar-refractivity contribution in [1.29, 1.82) is 5.26 Å². The average Bonchev–Trinajstić information content (AvgIpc) is 2.79. The van der Waals surface area contributed by atoms with E-state index in [1.807, 2.05) is 18.2 Å². The minimum Gasteiger partial charge on any atom is -0.192 e. The van der Waals surface area contributed by atoms with Gasteiger partial charge in [-0.25, -0.2) is 0 Å². The van der Waals surface area contributed by atoms with Crippen molar-refractivity contribution < 1.29 is 0 Å². The lowest BCUT2D eigenvalue weighted by Crippen LogP contribution is -2.32. The van der Waals surface area contributed by atoms with Crippen molar-refractivity contribution in [3.8, 4) is 6.07 Å². The van der Waals surface area contributed by atoms with Gasteiger partial charge in [-0.2, -0.15) is 5.26 Å². The minimum absolute atomic E-state index is 0.713. The fraction of sp³-hybridized carbons (Fsp3) is 0.0385. The molecule has 28 heavy (non-hydrogen) atoms. The van der Waals surface area contributed by atoms with Crippen LogP contribution in [0.4, 0.5) is 0 Å². The fourth-order valence-corrected chi connectivity index (χ4v) is 8.01. The van der Waals surface area contributed by atoms with Crippen molar-refractivity contribution in [2.45, 2.75) is 6.16 Å². The molecule has 0 unspecified atom stereocenters. The van der Waals surface area contributed by atoms with Crippen molar-refractivity contribution in [3.63, 3.8) is 0 Å². The van der Waals surface area contributed by atoms with Gasteiger partial charge in [-0.3, -0.25) is 0 Å². The molecule has 0 heterocycles. The summed E-state index contributed by atoms with van der Waals surface area (Å²) < 4.78 is 0. The van der Waals surface area contributed by atoms with Crippen molar-refractivity contribution >= 4 is 23.2 Å². The Morgan fingerprint density at radius 1 is 0.571 bits per heavy atom. The zero-order valence-electron chi connectivity index (χ0n) is 15.6. The highest BCUT2D eigenvalue weighted by Gasteiger charge is 2.34. The van der Waals surface area contributed by atoms with Gasteiger partial charge >= 0.3 is 0 Å². The van der Waals surface area contributed by atoms with Crippen LogP contribution in [0.5, 0.6) is 0 Å². The molecule has 2 heteroatoms. The summed E-state index contributed by atoms with van der Waals surface area (Å²) in [5, 5.41) is 13.4. The Hall–Kier alpha value is -3.20. The maximum atomic E-state index is 9.37. The highest BCUT2D eigenvalue weighted by Crippen LogP contribution is 2.58. The number of hydrogen-bond acceptors (Lipinski definition) is 1. The van der Waals surface area contributed by atoms with E-state index in [1.54, 1.807) is 0 Å². The normalized spacial score (nSPS) is 11.0. The summed E-state index contributed by atoms with van der Waals surface area (Å²) in [6.07, 6.45) is 0.889. The fourth-order valence-electron chi connectivity index (χ4n) is 3.78. The van der Waals surface area contributed by atoms with E-state index in [2.05, 4.69) is 103 Å². The molecular formula is C26H21NP. The molecule has 0 atom stereocenters. The van der Waals surface area contributed by atoms with Gasteiger partial charge in [0.1, 0.15) is 0 Å². The van der Waals surface area contributed by atoms with Gasteiger partial charge < -0.3 is 0 Å². The number of benzene rings is 4. The van der Waals surface area contributed by atoms with Crippen LogP contribution in [0.25, 0.3) is 0 Å². The Morgan fingerprint density at radius 3 is 1.46 bits per heavy atom. The molecule has 0 bridgehead atoms. The van der Waals surface area contributed by atoms with E-state index in [1.165, 1.54) is 21.5 Å². The van der Waals surface area contributed by atoms with Crippen LogP contribution in [0.2, 0.25) is 0 Å². The van der Waals surface area contributed by atoms with Crippen LogP contribution in [0.1, 0.15) is 11.1 Å². The lowest BCUT2D eigenvalue weighted by atomic mass is 10.2. The van der Waals surface area contributed by atoms with Gasteiger partial charge in [0, 0.05) is 6.16 Å². The smallest absolute Gasteiger partial charge is 0.0991 e. The molecule has 0 saturated heterocycles. The predicted octanol–water partition coefficient (Wildman–Crippen LogP) is 5.05. The van der Waals surface area contributed by atoms with E-state index in [-0.39, 0.29) is 0 Å². The van der Waals surface area contributed by atoms with Crippen LogP contribution in [0, 0.1) is 11.3 Å². The van der Waals surface area contributed by atoms with E-state index >= 15 is 0 Å². The largest absolute Gasteiger partial charge is 0.192 e. The number of hydrogen-bond donors (Lipinski definition) is 0. The monoisotopic (exact) mass is 378 g/mol. The van der Waals surface area contributed by atoms with Gasteiger partial charge in [-0.15, -0.1) is 0 Å². The lowest BCUT2D eigenvalue weighted by molar-refractivity contribution is 1.36. The molecule has 1 radical (unpaired) electrons. The summed E-state index contributed by atoms with van der Waals surface area (Å²) in [5.74, 6) is 0. The Bertz CT molecular complexity index is 987. The Balaban J connectivity index is 1.99. The maximum absolute atomic E-state index is 9.37. The van der Waals surface area contributed by atoms with Crippen LogP contribution >= 0.6 is 7.26 Å². The van der Waals surface area contributed by atoms with Gasteiger partial charge in [0.25, 0.3) is 0 Å². The van der Waals surface area contributed by atoms with Gasteiger partial charge in [-0.1, -0.05) is 103 Å². The minimum atomic E-state index is -1.91. The molecule has 0 saturated carbocycles. The first-order chi connectivity index (χ1) is 13.8. The molecule has 0 N–H and O–H groups in total. The highest BCUT2D eigenvalue weighted by atomic mass is 31.2. The van der Waals surface area contributed by atoms with E-state index in [9.17, 15) is 5.26 Å². The van der Waals surface area contributed by atoms with E-state index < -0.39 is 7.26 Å². The lowest BCUT2D eigenvalue weighted by Gasteiger charge is -2.38. The molecule has 0 fully saturated rings. The number of nitrogens with zero attached hydrogens (tertiary/aromatic N) is 1. The zero-order valence-corrected chi connectivity index (χ0v) is 16.5. The Morgan fingerprint density at radius 2 is 1.04 bits per heavy atom. The second-order valence-corrected chi connectivity index (χ2v) is 10.3. The molecule has 0 spiro atoms. The SMILES string of the molecule is N#Cc1cccc(C[P](c2ccccc2)(c2ccccc2)c2ccccc2)c1. The first-order valence-corrected chi connectivity index (χ1v) is 11.3. The molecule has 0 aliphatic carbocycles. The van der Waals surface area contributed by atoms with Crippen molar-refractivity contribution in [3.05, 3.63) is 126 Å². The van der Waals surface area contributed by atoms with Crippen molar-refractivity contribution in [2.75, 3.05) is 0 Å². The summed E-state index contributed by atoms with van der Waals surface area (Å²) in [6, 6.07) is 42.8. The van der Waals surface area contributed by atoms with E-state index in [0.29, 0.717) is 5.56 Å². The zero-order chi connectivity index (χ0) is 19.2. The third-order valence-electron chi connectivity index (χ3n) is 5.07. The summed E-state index contributed by atoms with van der Waals surface area (Å²) in [4.78, 5) is 0. The molecule has 135 valence electrons. The molecule has 0 aliphatic rings. The van der Waals surface area contributed by atoms with Gasteiger partial charge in [-0.05, 0) is 40.9 Å². The summed E-state index contributed by atoms with van der Waals surface area (Å²) >= 11 is 0. The summed E-state index contributed by atoms with van der Waals surface area (Å²) in [7, 11) is -1.91. The van der Waals surface area contributed by atoms with Gasteiger partial charge in [0.05, 0.1) is 11.6 Å². The number of nitriles is 1. The summed E-state index contributed by atoms with van der Waals surface area (Å²) in [6.45, 7) is 0. The predicted molar refractivity (Wildman–Crippen MR) is 120 cm³/mol. The van der Waals surface area contributed by atoms with Crippen LogP contribution in [-0.2, 0) is 6.16 Å². The topological polar surface area (TPSA) is 23.8 Å². The Kier molecular flexibility index (Phi) is 5.34. The molecule has 4 rings (SSSR count). The molecule has 1 nitrogen and oxygen atoms in total. The molecule has 0 aliphatic heterocycles. The third kappa shape index (κ3) is 3.48. The molecule has 4 aromatic rings. The number of rotatable bonds is 5. The molecular weight excluding hydrogens is 357 g/mol. The first kappa shape index (κ1) is 18.2. The quantitative estimate of drug-likeness (QED) is 0.446. The Labute approximate surface area is 167 Å². The van der Waals surface area contributed by atoms with Crippen LogP contribution in [-0.4, -0.2) is 0 Å². The second kappa shape index (κ2) is 8.22. The first-order valence-electron chi connectivity index (χ1n) is 9.37. The summed E-state index contributed by atoms with van der Waals surface area (Å²) in [5.41, 5.74) is 1.91. The second-order valence-electron chi connectivity index (χ2n) is 6.79. The van der Waals surface area contributed by atoms with Crippen molar-refractivity contribution in [1.82, 2.24) is 0 Å². The maximum Gasteiger partial charge on any atom is 0.0991 e. The van der Waals surface area contributed by atoms with Crippen LogP contribution < -0.4 is 15.9 Å². The van der Waals surface area contributed by atoms with Crippen LogP contribution in [0.3, 0.4) is 0 Å².